The lowest BCUT2D eigenvalue weighted by Gasteiger charge is -2.30. The van der Waals surface area contributed by atoms with Gasteiger partial charge in [-0.05, 0) is 43.0 Å². The molecule has 0 radical (unpaired) electrons. The van der Waals surface area contributed by atoms with Crippen LogP contribution in [-0.2, 0) is 0 Å². The van der Waals surface area contributed by atoms with Gasteiger partial charge in [0.2, 0.25) is 0 Å². The minimum Gasteiger partial charge on any atom is -0.313 e. The molecule has 1 aliphatic heterocycles. The van der Waals surface area contributed by atoms with Crippen molar-refractivity contribution >= 4 is 11.8 Å². The molecule has 0 aliphatic carbocycles. The maximum absolute atomic E-state index is 3.67. The predicted octanol–water partition coefficient (Wildman–Crippen LogP) is 4.31. The summed E-state index contributed by atoms with van der Waals surface area (Å²) in [6.07, 6.45) is 2.51. The average Bonchev–Trinajstić information content (AvgIpc) is 2.55. The molecule has 2 aromatic carbocycles. The fourth-order valence-electron chi connectivity index (χ4n) is 2.87. The fourth-order valence-corrected chi connectivity index (χ4v) is 3.87. The molecule has 104 valence electrons. The van der Waals surface area contributed by atoms with Gasteiger partial charge in [0, 0.05) is 16.7 Å². The second kappa shape index (κ2) is 6.96. The topological polar surface area (TPSA) is 12.0 Å². The first kappa shape index (κ1) is 13.7. The molecule has 0 unspecified atom stereocenters. The minimum absolute atomic E-state index is 0.624. The van der Waals surface area contributed by atoms with E-state index in [0.717, 1.165) is 18.2 Å². The molecule has 2 heteroatoms. The molecule has 0 saturated carbocycles. The average molecular weight is 283 g/mol. The van der Waals surface area contributed by atoms with Gasteiger partial charge in [-0.25, -0.2) is 0 Å². The number of nitrogens with one attached hydrogen (secondary N) is 1. The molecule has 2 atom stereocenters. The lowest BCUT2D eigenvalue weighted by atomic mass is 9.87. The van der Waals surface area contributed by atoms with Gasteiger partial charge < -0.3 is 5.32 Å². The Labute approximate surface area is 125 Å². The van der Waals surface area contributed by atoms with E-state index in [-0.39, 0.29) is 0 Å². The van der Waals surface area contributed by atoms with Crippen molar-refractivity contribution in [1.29, 1.82) is 0 Å². The van der Waals surface area contributed by atoms with E-state index in [0.29, 0.717) is 6.04 Å². The Morgan fingerprint density at radius 1 is 0.950 bits per heavy atom. The van der Waals surface area contributed by atoms with Crippen LogP contribution in [0, 0.1) is 0 Å². The Morgan fingerprint density at radius 3 is 2.40 bits per heavy atom. The van der Waals surface area contributed by atoms with Crippen LogP contribution in [0.15, 0.2) is 65.6 Å². The van der Waals surface area contributed by atoms with Crippen LogP contribution in [0.2, 0.25) is 0 Å². The van der Waals surface area contributed by atoms with E-state index in [1.807, 2.05) is 11.8 Å². The smallest absolute Gasteiger partial charge is 0.0167 e. The quantitative estimate of drug-likeness (QED) is 0.839. The van der Waals surface area contributed by atoms with Gasteiger partial charge in [-0.15, -0.1) is 11.8 Å². The number of benzene rings is 2. The molecule has 1 heterocycles. The van der Waals surface area contributed by atoms with Gasteiger partial charge in [0.15, 0.2) is 0 Å². The van der Waals surface area contributed by atoms with Gasteiger partial charge in [0.25, 0.3) is 0 Å². The van der Waals surface area contributed by atoms with Gasteiger partial charge >= 0.3 is 0 Å². The zero-order chi connectivity index (χ0) is 13.6. The van der Waals surface area contributed by atoms with Crippen molar-refractivity contribution in [1.82, 2.24) is 5.32 Å². The third kappa shape index (κ3) is 3.65. The van der Waals surface area contributed by atoms with E-state index in [9.17, 15) is 0 Å². The standard InChI is InChI=1S/C18H21NS/c1-3-7-15(8-4-1)16-11-12-19-17(13-16)14-20-18-9-5-2-6-10-18/h1-10,16-17,19H,11-14H2/t16-,17-/m0/s1. The summed E-state index contributed by atoms with van der Waals surface area (Å²) in [7, 11) is 0. The highest BCUT2D eigenvalue weighted by Crippen LogP contribution is 2.29. The van der Waals surface area contributed by atoms with Crippen LogP contribution >= 0.6 is 11.8 Å². The molecule has 2 aromatic rings. The Balaban J connectivity index is 1.56. The van der Waals surface area contributed by atoms with Crippen molar-refractivity contribution in [2.24, 2.45) is 0 Å². The molecule has 20 heavy (non-hydrogen) atoms. The monoisotopic (exact) mass is 283 g/mol. The molecule has 1 N–H and O–H groups in total. The molecular formula is C18H21NS. The summed E-state index contributed by atoms with van der Waals surface area (Å²) in [4.78, 5) is 1.37. The first-order valence-electron chi connectivity index (χ1n) is 7.38. The lowest BCUT2D eigenvalue weighted by molar-refractivity contribution is 0.385. The Morgan fingerprint density at radius 2 is 1.65 bits per heavy atom. The van der Waals surface area contributed by atoms with Crippen LogP contribution in [0.25, 0.3) is 0 Å². The molecule has 0 bridgehead atoms. The van der Waals surface area contributed by atoms with Gasteiger partial charge in [-0.2, -0.15) is 0 Å². The maximum Gasteiger partial charge on any atom is 0.0167 e. The molecule has 1 nitrogen and oxygen atoms in total. The number of hydrogen-bond donors (Lipinski definition) is 1. The van der Waals surface area contributed by atoms with Crippen molar-refractivity contribution in [2.45, 2.75) is 29.7 Å². The van der Waals surface area contributed by atoms with Crippen LogP contribution in [0.5, 0.6) is 0 Å². The molecule has 1 fully saturated rings. The highest BCUT2D eigenvalue weighted by atomic mass is 32.2. The Hall–Kier alpha value is -1.25. The zero-order valence-corrected chi connectivity index (χ0v) is 12.5. The lowest BCUT2D eigenvalue weighted by Crippen LogP contribution is -2.38. The van der Waals surface area contributed by atoms with E-state index in [1.165, 1.54) is 23.3 Å². The summed E-state index contributed by atoms with van der Waals surface area (Å²) < 4.78 is 0. The normalized spacial score (nSPS) is 22.6. The second-order valence-electron chi connectivity index (χ2n) is 5.41. The van der Waals surface area contributed by atoms with Crippen molar-refractivity contribution in [3.63, 3.8) is 0 Å². The number of thioether (sulfide) groups is 1. The van der Waals surface area contributed by atoms with E-state index in [4.69, 9.17) is 0 Å². The van der Waals surface area contributed by atoms with Crippen molar-refractivity contribution in [3.8, 4) is 0 Å². The van der Waals surface area contributed by atoms with Gasteiger partial charge in [-0.3, -0.25) is 0 Å². The molecule has 0 spiro atoms. The van der Waals surface area contributed by atoms with Crippen molar-refractivity contribution < 1.29 is 0 Å². The number of rotatable bonds is 4. The number of hydrogen-bond acceptors (Lipinski definition) is 2. The second-order valence-corrected chi connectivity index (χ2v) is 6.50. The van der Waals surface area contributed by atoms with Gasteiger partial charge in [0.05, 0.1) is 0 Å². The van der Waals surface area contributed by atoms with Crippen LogP contribution < -0.4 is 5.32 Å². The molecular weight excluding hydrogens is 262 g/mol. The molecule has 1 saturated heterocycles. The summed E-state index contributed by atoms with van der Waals surface area (Å²) in [5, 5.41) is 3.67. The van der Waals surface area contributed by atoms with E-state index in [2.05, 4.69) is 66.0 Å². The summed E-state index contributed by atoms with van der Waals surface area (Å²) in [5.41, 5.74) is 1.50. The summed E-state index contributed by atoms with van der Waals surface area (Å²) >= 11 is 1.96. The molecule has 0 aromatic heterocycles. The van der Waals surface area contributed by atoms with Gasteiger partial charge in [-0.1, -0.05) is 48.5 Å². The van der Waals surface area contributed by atoms with E-state index in [1.54, 1.807) is 0 Å². The van der Waals surface area contributed by atoms with Crippen LogP contribution in [0.3, 0.4) is 0 Å². The Bertz CT molecular complexity index is 511. The SMILES string of the molecule is c1ccc(SC[C@@H]2C[C@@H](c3ccccc3)CCN2)cc1. The van der Waals surface area contributed by atoms with Crippen LogP contribution in [0.4, 0.5) is 0 Å². The number of piperidine rings is 1. The predicted molar refractivity (Wildman–Crippen MR) is 87.4 cm³/mol. The first-order chi connectivity index (χ1) is 9.92. The van der Waals surface area contributed by atoms with Crippen molar-refractivity contribution in [2.75, 3.05) is 12.3 Å². The molecule has 1 aliphatic rings. The highest BCUT2D eigenvalue weighted by Gasteiger charge is 2.22. The van der Waals surface area contributed by atoms with Crippen LogP contribution in [-0.4, -0.2) is 18.3 Å². The summed E-state index contributed by atoms with van der Waals surface area (Å²) in [5.74, 6) is 1.88. The largest absolute Gasteiger partial charge is 0.313 e. The van der Waals surface area contributed by atoms with Crippen LogP contribution in [0.1, 0.15) is 24.3 Å². The van der Waals surface area contributed by atoms with Gasteiger partial charge in [0.1, 0.15) is 0 Å². The van der Waals surface area contributed by atoms with Crippen molar-refractivity contribution in [3.05, 3.63) is 66.2 Å². The van der Waals surface area contributed by atoms with E-state index < -0.39 is 0 Å². The molecule has 0 amide bonds. The minimum atomic E-state index is 0.624. The first-order valence-corrected chi connectivity index (χ1v) is 8.36. The third-order valence-electron chi connectivity index (χ3n) is 3.96. The Kier molecular flexibility index (Phi) is 4.77. The zero-order valence-electron chi connectivity index (χ0n) is 11.7. The third-order valence-corrected chi connectivity index (χ3v) is 5.13. The fraction of sp³-hybridized carbons (Fsp3) is 0.333. The highest BCUT2D eigenvalue weighted by molar-refractivity contribution is 7.99. The maximum atomic E-state index is 3.67. The summed E-state index contributed by atoms with van der Waals surface area (Å²) in [6, 6.07) is 22.3. The summed E-state index contributed by atoms with van der Waals surface area (Å²) in [6.45, 7) is 1.14. The van der Waals surface area contributed by atoms with E-state index >= 15 is 0 Å². The molecule has 3 rings (SSSR count).